The Labute approximate surface area is 238 Å². The van der Waals surface area contributed by atoms with Crippen LogP contribution in [0.15, 0.2) is 29.2 Å². The quantitative estimate of drug-likeness (QED) is 0.354. The van der Waals surface area contributed by atoms with Gasteiger partial charge in [0.25, 0.3) is 10.1 Å². The number of aliphatic hydroxyl groups is 3. The monoisotopic (exact) mass is 578 g/mol. The first-order valence-electron chi connectivity index (χ1n) is 15.0. The van der Waals surface area contributed by atoms with Crippen molar-refractivity contribution in [2.24, 2.45) is 46.3 Å². The number of benzene rings is 1. The Morgan fingerprint density at radius 1 is 1.00 bits per heavy atom. The van der Waals surface area contributed by atoms with Gasteiger partial charge in [0.15, 0.2) is 0 Å². The summed E-state index contributed by atoms with van der Waals surface area (Å²) in [7, 11) is -4.10. The fourth-order valence-corrected chi connectivity index (χ4v) is 11.0. The molecule has 0 heterocycles. The van der Waals surface area contributed by atoms with Crippen molar-refractivity contribution < 1.29 is 37.8 Å². The lowest BCUT2D eigenvalue weighted by atomic mass is 9.42. The van der Waals surface area contributed by atoms with E-state index in [0.717, 1.165) is 18.4 Å². The van der Waals surface area contributed by atoms with Gasteiger partial charge in [0.05, 0.1) is 29.3 Å². The molecule has 0 aliphatic heterocycles. The van der Waals surface area contributed by atoms with Crippen molar-refractivity contribution in [3.8, 4) is 0 Å². The molecule has 1 aromatic carbocycles. The van der Waals surface area contributed by atoms with E-state index >= 15 is 0 Å². The summed E-state index contributed by atoms with van der Waals surface area (Å²) >= 11 is 0. The minimum absolute atomic E-state index is 0.0347. The number of carbonyl (C=O) groups is 1. The van der Waals surface area contributed by atoms with Crippen molar-refractivity contribution in [2.45, 2.75) is 108 Å². The molecule has 9 heteroatoms. The summed E-state index contributed by atoms with van der Waals surface area (Å²) in [6, 6.07) is 6.54. The first-order chi connectivity index (χ1) is 18.7. The second kappa shape index (κ2) is 10.6. The van der Waals surface area contributed by atoms with Crippen LogP contribution in [0.5, 0.6) is 0 Å². The van der Waals surface area contributed by atoms with E-state index in [1.165, 1.54) is 12.1 Å². The highest BCUT2D eigenvalue weighted by Gasteiger charge is 2.68. The van der Waals surface area contributed by atoms with Crippen molar-refractivity contribution in [1.29, 1.82) is 0 Å². The number of hydrogen-bond donors (Lipinski definition) is 4. The van der Waals surface area contributed by atoms with Gasteiger partial charge in [-0.25, -0.2) is 0 Å². The zero-order chi connectivity index (χ0) is 29.2. The molecule has 40 heavy (non-hydrogen) atoms. The molecule has 8 nitrogen and oxygen atoms in total. The number of aryl methyl sites for hydroxylation is 1. The highest BCUT2D eigenvalue weighted by molar-refractivity contribution is 7.86. The average molecular weight is 579 g/mol. The van der Waals surface area contributed by atoms with Crippen LogP contribution >= 0.6 is 0 Å². The molecule has 0 aromatic heterocycles. The van der Waals surface area contributed by atoms with Gasteiger partial charge in [0, 0.05) is 18.3 Å². The number of aliphatic hydroxyl groups excluding tert-OH is 3. The molecule has 4 saturated carbocycles. The van der Waals surface area contributed by atoms with Crippen LogP contribution in [0, 0.1) is 53.3 Å². The third kappa shape index (κ3) is 4.83. The van der Waals surface area contributed by atoms with E-state index in [0.29, 0.717) is 25.7 Å². The summed E-state index contributed by atoms with van der Waals surface area (Å²) < 4.78 is 32.9. The van der Waals surface area contributed by atoms with E-state index in [4.69, 9.17) is 4.18 Å². The number of rotatable bonds is 7. The lowest BCUT2D eigenvalue weighted by Gasteiger charge is -2.64. The Morgan fingerprint density at radius 3 is 2.33 bits per heavy atom. The number of fused-ring (bicyclic) bond motifs is 5. The maximum atomic E-state index is 13.4. The molecule has 1 aromatic rings. The molecule has 0 spiro atoms. The number of carboxylic acid groups (broad SMARTS) is 1. The molecule has 12 atom stereocenters. The molecular weight excluding hydrogens is 532 g/mol. The van der Waals surface area contributed by atoms with Gasteiger partial charge in [-0.05, 0) is 98.5 Å². The number of aliphatic carboxylic acids is 1. The number of hydrogen-bond acceptors (Lipinski definition) is 7. The molecule has 0 amide bonds. The Hall–Kier alpha value is -1.52. The summed E-state index contributed by atoms with van der Waals surface area (Å²) in [6.07, 6.45) is 1.09. The molecular formula is C31H46O8S. The van der Waals surface area contributed by atoms with E-state index in [-0.39, 0.29) is 53.2 Å². The Morgan fingerprint density at radius 2 is 1.68 bits per heavy atom. The normalized spacial score (nSPS) is 43.8. The van der Waals surface area contributed by atoms with Crippen LogP contribution in [0.3, 0.4) is 0 Å². The van der Waals surface area contributed by atoms with Crippen molar-refractivity contribution in [1.82, 2.24) is 0 Å². The van der Waals surface area contributed by atoms with E-state index in [2.05, 4.69) is 20.8 Å². The third-order valence-electron chi connectivity index (χ3n) is 11.9. The summed E-state index contributed by atoms with van der Waals surface area (Å²) in [5.41, 5.74) is -0.174. The fraction of sp³-hybridized carbons (Fsp3) is 0.774. The maximum Gasteiger partial charge on any atom is 0.303 e. The van der Waals surface area contributed by atoms with E-state index in [1.54, 1.807) is 12.1 Å². The molecule has 4 aliphatic carbocycles. The third-order valence-corrected chi connectivity index (χ3v) is 13.3. The predicted octanol–water partition coefficient (Wildman–Crippen LogP) is 4.14. The van der Waals surface area contributed by atoms with Gasteiger partial charge in [-0.1, -0.05) is 38.5 Å². The second-order valence-corrected chi connectivity index (χ2v) is 15.4. The van der Waals surface area contributed by atoms with E-state index in [1.807, 2.05) is 6.92 Å². The van der Waals surface area contributed by atoms with Crippen molar-refractivity contribution >= 4 is 16.1 Å². The first kappa shape index (κ1) is 30.0. The van der Waals surface area contributed by atoms with Gasteiger partial charge in [-0.2, -0.15) is 8.42 Å². The Bertz CT molecular complexity index is 1200. The molecule has 0 bridgehead atoms. The molecule has 4 fully saturated rings. The van der Waals surface area contributed by atoms with Crippen LogP contribution < -0.4 is 0 Å². The smallest absolute Gasteiger partial charge is 0.303 e. The van der Waals surface area contributed by atoms with Gasteiger partial charge >= 0.3 is 5.97 Å². The summed E-state index contributed by atoms with van der Waals surface area (Å²) in [5.74, 6) is -0.956. The Balaban J connectivity index is 1.47. The zero-order valence-corrected chi connectivity index (χ0v) is 24.9. The van der Waals surface area contributed by atoms with Gasteiger partial charge in [-0.15, -0.1) is 0 Å². The van der Waals surface area contributed by atoms with Gasteiger partial charge < -0.3 is 20.4 Å². The molecule has 224 valence electrons. The van der Waals surface area contributed by atoms with E-state index < -0.39 is 51.3 Å². The van der Waals surface area contributed by atoms with Crippen LogP contribution in [0.2, 0.25) is 0 Å². The lowest BCUT2D eigenvalue weighted by molar-refractivity contribution is -0.229. The molecule has 4 aliphatic rings. The van der Waals surface area contributed by atoms with Crippen LogP contribution in [0.4, 0.5) is 0 Å². The topological polar surface area (TPSA) is 141 Å². The minimum Gasteiger partial charge on any atom is -0.481 e. The summed E-state index contributed by atoms with van der Waals surface area (Å²) in [4.78, 5) is 11.3. The fourth-order valence-electron chi connectivity index (χ4n) is 9.78. The standard InChI is InChI=1S/C31H46O8S/c1-17-5-8-21(9-6-17)40(37,38)39-27-15-20(32)13-19-14-25(33)29-23-11-10-22(18(2)7-12-28(35)36)31(23,4)26(34)16-24(29)30(19,27)3/h5-6,8-9,18-20,22-27,29,32-34H,7,10-16H2,1-4H3,(H,35,36)/t18-,19+,20+,22-,23+,24+,25-,26+,27?,29+,30+,31-/m1/s1. The van der Waals surface area contributed by atoms with Crippen LogP contribution in [-0.4, -0.2) is 59.2 Å². The number of carboxylic acids is 1. The summed E-state index contributed by atoms with van der Waals surface area (Å²) in [5, 5.41) is 43.5. The average Bonchev–Trinajstić information content (AvgIpc) is 3.23. The first-order valence-corrected chi connectivity index (χ1v) is 16.4. The van der Waals surface area contributed by atoms with Crippen LogP contribution in [-0.2, 0) is 19.1 Å². The molecule has 0 saturated heterocycles. The van der Waals surface area contributed by atoms with Crippen molar-refractivity contribution in [3.05, 3.63) is 29.8 Å². The predicted molar refractivity (Wildman–Crippen MR) is 149 cm³/mol. The summed E-state index contributed by atoms with van der Waals surface area (Å²) in [6.45, 7) is 8.14. The van der Waals surface area contributed by atoms with E-state index in [9.17, 15) is 33.6 Å². The van der Waals surface area contributed by atoms with Crippen LogP contribution in [0.1, 0.15) is 77.7 Å². The van der Waals surface area contributed by atoms with Gasteiger partial charge in [0.2, 0.25) is 0 Å². The maximum absolute atomic E-state index is 13.4. The van der Waals surface area contributed by atoms with Crippen molar-refractivity contribution in [3.63, 3.8) is 0 Å². The van der Waals surface area contributed by atoms with Gasteiger partial charge in [0.1, 0.15) is 0 Å². The molecule has 0 radical (unpaired) electrons. The molecule has 1 unspecified atom stereocenters. The lowest BCUT2D eigenvalue weighted by Crippen LogP contribution is -2.66. The highest BCUT2D eigenvalue weighted by Crippen LogP contribution is 2.68. The largest absolute Gasteiger partial charge is 0.481 e. The highest BCUT2D eigenvalue weighted by atomic mass is 32.2. The SMILES string of the molecule is Cc1ccc(S(=O)(=O)OC2C[C@@H](O)C[C@H]3C[C@@H](O)[C@@H]4[C@H](C[C@H](O)[C@]5(C)[C@@H]([C@H](C)CCC(=O)O)CC[C@@H]45)[C@@]23C)cc1. The zero-order valence-electron chi connectivity index (χ0n) is 24.1. The van der Waals surface area contributed by atoms with Crippen molar-refractivity contribution in [2.75, 3.05) is 0 Å². The minimum atomic E-state index is -4.10. The Kier molecular flexibility index (Phi) is 7.97. The van der Waals surface area contributed by atoms with Gasteiger partial charge in [-0.3, -0.25) is 8.98 Å². The van der Waals surface area contributed by atoms with Crippen LogP contribution in [0.25, 0.3) is 0 Å². The molecule has 5 rings (SSSR count). The second-order valence-electron chi connectivity index (χ2n) is 13.8. The molecule has 4 N–H and O–H groups in total.